The fraction of sp³-hybridized carbons (Fsp3) is 1.00. The number of hydrogen-bond acceptors (Lipinski definition) is 4. The molecule has 1 aliphatic carbocycles. The van der Waals surface area contributed by atoms with E-state index in [9.17, 15) is 8.42 Å². The van der Waals surface area contributed by atoms with Crippen LogP contribution >= 0.6 is 0 Å². The molecular weight excluding hydrogens is 266 g/mol. The van der Waals surface area contributed by atoms with Crippen molar-refractivity contribution in [2.75, 3.05) is 20.2 Å². The Hall–Kier alpha value is -0.210. The van der Waals surface area contributed by atoms with Crippen LogP contribution < -0.4 is 10.5 Å². The number of nitrogens with zero attached hydrogens (tertiary/aromatic N) is 1. The molecule has 19 heavy (non-hydrogen) atoms. The largest absolute Gasteiger partial charge is 0.380 e. The Labute approximate surface area is 115 Å². The van der Waals surface area contributed by atoms with Crippen molar-refractivity contribution in [1.82, 2.24) is 9.03 Å². The highest BCUT2D eigenvalue weighted by molar-refractivity contribution is 7.87. The van der Waals surface area contributed by atoms with Crippen LogP contribution in [0.2, 0.25) is 0 Å². The molecule has 6 nitrogen and oxygen atoms in total. The lowest BCUT2D eigenvalue weighted by atomic mass is 10.1. The summed E-state index contributed by atoms with van der Waals surface area (Å²) in [5.41, 5.74) is 5.69. The van der Waals surface area contributed by atoms with E-state index in [1.165, 1.54) is 0 Å². The van der Waals surface area contributed by atoms with Gasteiger partial charge in [-0.3, -0.25) is 0 Å². The van der Waals surface area contributed by atoms with Gasteiger partial charge in [0.25, 0.3) is 10.2 Å². The summed E-state index contributed by atoms with van der Waals surface area (Å²) in [5.74, 6) is 0. The molecule has 2 rings (SSSR count). The number of piperidine rings is 1. The summed E-state index contributed by atoms with van der Waals surface area (Å²) in [5, 5.41) is 0. The van der Waals surface area contributed by atoms with Crippen LogP contribution in [0.1, 0.15) is 38.5 Å². The minimum Gasteiger partial charge on any atom is -0.380 e. The van der Waals surface area contributed by atoms with Gasteiger partial charge in [0.2, 0.25) is 0 Å². The molecule has 7 heteroatoms. The van der Waals surface area contributed by atoms with E-state index in [-0.39, 0.29) is 18.2 Å². The van der Waals surface area contributed by atoms with Gasteiger partial charge in [0.05, 0.1) is 6.10 Å². The number of nitrogens with one attached hydrogen (secondary N) is 1. The van der Waals surface area contributed by atoms with Gasteiger partial charge in [0.1, 0.15) is 0 Å². The average molecular weight is 291 g/mol. The van der Waals surface area contributed by atoms with Gasteiger partial charge in [-0.25, -0.2) is 0 Å². The summed E-state index contributed by atoms with van der Waals surface area (Å²) in [6, 6.07) is -0.163. The molecule has 0 aromatic carbocycles. The van der Waals surface area contributed by atoms with Crippen molar-refractivity contribution in [3.8, 4) is 0 Å². The van der Waals surface area contributed by atoms with Gasteiger partial charge in [-0.05, 0) is 32.1 Å². The summed E-state index contributed by atoms with van der Waals surface area (Å²) in [6.45, 7) is 0.959. The van der Waals surface area contributed by atoms with Crippen molar-refractivity contribution in [2.24, 2.45) is 5.73 Å². The molecule has 0 aromatic rings. The first-order valence-electron chi connectivity index (χ1n) is 7.10. The number of nitrogens with two attached hydrogens (primary N) is 1. The first kappa shape index (κ1) is 15.2. The summed E-state index contributed by atoms with van der Waals surface area (Å²) in [6.07, 6.45) is 5.59. The predicted octanol–water partition coefficient (Wildman–Crippen LogP) is 0.202. The van der Waals surface area contributed by atoms with Crippen molar-refractivity contribution in [2.45, 2.75) is 56.7 Å². The third-order valence-corrected chi connectivity index (χ3v) is 5.91. The van der Waals surface area contributed by atoms with E-state index in [0.29, 0.717) is 13.1 Å². The van der Waals surface area contributed by atoms with E-state index in [1.54, 1.807) is 11.4 Å². The maximum atomic E-state index is 12.5. The topological polar surface area (TPSA) is 84.7 Å². The Morgan fingerprint density at radius 3 is 2.74 bits per heavy atom. The lowest BCUT2D eigenvalue weighted by Crippen LogP contribution is -2.54. The van der Waals surface area contributed by atoms with Crippen LogP contribution in [0.3, 0.4) is 0 Å². The van der Waals surface area contributed by atoms with E-state index in [1.807, 2.05) is 0 Å². The maximum absolute atomic E-state index is 12.5. The summed E-state index contributed by atoms with van der Waals surface area (Å²) < 4.78 is 34.6. The lowest BCUT2D eigenvalue weighted by molar-refractivity contribution is 0.0906. The molecule has 3 atom stereocenters. The average Bonchev–Trinajstić information content (AvgIpc) is 2.85. The van der Waals surface area contributed by atoms with E-state index in [0.717, 1.165) is 38.5 Å². The quantitative estimate of drug-likeness (QED) is 0.758. The minimum atomic E-state index is -3.45. The zero-order valence-corrected chi connectivity index (χ0v) is 12.4. The molecule has 2 fully saturated rings. The van der Waals surface area contributed by atoms with Crippen LogP contribution in [-0.2, 0) is 14.9 Å². The molecule has 3 N–H and O–H groups in total. The van der Waals surface area contributed by atoms with Gasteiger partial charge in [-0.2, -0.15) is 17.4 Å². The Balaban J connectivity index is 2.04. The zero-order chi connectivity index (χ0) is 13.9. The van der Waals surface area contributed by atoms with Crippen molar-refractivity contribution in [3.05, 3.63) is 0 Å². The van der Waals surface area contributed by atoms with E-state index in [4.69, 9.17) is 10.5 Å². The van der Waals surface area contributed by atoms with Crippen LogP contribution in [-0.4, -0.2) is 51.1 Å². The van der Waals surface area contributed by atoms with Gasteiger partial charge < -0.3 is 10.5 Å². The molecule has 2 aliphatic rings. The first-order chi connectivity index (χ1) is 9.08. The van der Waals surface area contributed by atoms with E-state index < -0.39 is 10.2 Å². The van der Waals surface area contributed by atoms with Crippen LogP contribution in [0.15, 0.2) is 0 Å². The standard InChI is InChI=1S/C12H25N3O3S/c1-18-12-7-4-6-11(12)14-19(16,17)15-8-3-2-5-10(15)9-13/h10-12,14H,2-9,13H2,1H3. The fourth-order valence-corrected chi connectivity index (χ4v) is 4.87. The molecular formula is C12H25N3O3S. The Bertz CT molecular complexity index is 388. The van der Waals surface area contributed by atoms with Crippen LogP contribution in [0.5, 0.6) is 0 Å². The molecule has 0 amide bonds. The molecule has 0 aromatic heterocycles. The molecule has 1 heterocycles. The maximum Gasteiger partial charge on any atom is 0.280 e. The lowest BCUT2D eigenvalue weighted by Gasteiger charge is -2.35. The highest BCUT2D eigenvalue weighted by atomic mass is 32.2. The molecule has 0 radical (unpaired) electrons. The molecule has 1 aliphatic heterocycles. The van der Waals surface area contributed by atoms with Gasteiger partial charge in [-0.1, -0.05) is 6.42 Å². The van der Waals surface area contributed by atoms with Crippen LogP contribution in [0.25, 0.3) is 0 Å². The third-order valence-electron chi connectivity index (χ3n) is 4.21. The SMILES string of the molecule is COC1CCCC1NS(=O)(=O)N1CCCCC1CN. The normalized spacial score (nSPS) is 33.7. The van der Waals surface area contributed by atoms with Crippen LogP contribution in [0.4, 0.5) is 0 Å². The highest BCUT2D eigenvalue weighted by Gasteiger charge is 2.36. The zero-order valence-electron chi connectivity index (χ0n) is 11.5. The predicted molar refractivity (Wildman–Crippen MR) is 73.9 cm³/mol. The Morgan fingerprint density at radius 1 is 1.26 bits per heavy atom. The second kappa shape index (κ2) is 6.49. The molecule has 112 valence electrons. The Morgan fingerprint density at radius 2 is 2.05 bits per heavy atom. The minimum absolute atomic E-state index is 0.00380. The molecule has 3 unspecified atom stereocenters. The molecule has 0 bridgehead atoms. The summed E-state index contributed by atoms with van der Waals surface area (Å²) >= 11 is 0. The van der Waals surface area contributed by atoms with E-state index >= 15 is 0 Å². The molecule has 1 saturated carbocycles. The Kier molecular flexibility index (Phi) is 5.19. The van der Waals surface area contributed by atoms with Crippen molar-refractivity contribution in [1.29, 1.82) is 0 Å². The molecule has 0 spiro atoms. The van der Waals surface area contributed by atoms with Crippen molar-refractivity contribution in [3.63, 3.8) is 0 Å². The van der Waals surface area contributed by atoms with Crippen molar-refractivity contribution >= 4 is 10.2 Å². The second-order valence-electron chi connectivity index (χ2n) is 5.43. The second-order valence-corrected chi connectivity index (χ2v) is 7.09. The number of ether oxygens (including phenoxy) is 1. The van der Waals surface area contributed by atoms with Gasteiger partial charge >= 0.3 is 0 Å². The third kappa shape index (κ3) is 3.46. The number of hydrogen-bond donors (Lipinski definition) is 2. The number of methoxy groups -OCH3 is 1. The summed E-state index contributed by atoms with van der Waals surface area (Å²) in [7, 11) is -1.81. The van der Waals surface area contributed by atoms with Gasteiger partial charge in [0.15, 0.2) is 0 Å². The van der Waals surface area contributed by atoms with E-state index in [2.05, 4.69) is 4.72 Å². The summed E-state index contributed by atoms with van der Waals surface area (Å²) in [4.78, 5) is 0. The van der Waals surface area contributed by atoms with Gasteiger partial charge in [0, 0.05) is 32.3 Å². The molecule has 1 saturated heterocycles. The fourth-order valence-electron chi connectivity index (χ4n) is 3.13. The monoisotopic (exact) mass is 291 g/mol. The number of rotatable bonds is 5. The van der Waals surface area contributed by atoms with Crippen molar-refractivity contribution < 1.29 is 13.2 Å². The van der Waals surface area contributed by atoms with Crippen LogP contribution in [0, 0.1) is 0 Å². The highest BCUT2D eigenvalue weighted by Crippen LogP contribution is 2.24. The van der Waals surface area contributed by atoms with Gasteiger partial charge in [-0.15, -0.1) is 0 Å². The smallest absolute Gasteiger partial charge is 0.280 e. The first-order valence-corrected chi connectivity index (χ1v) is 8.54.